The van der Waals surface area contributed by atoms with Crippen molar-refractivity contribution in [3.63, 3.8) is 0 Å². The topological polar surface area (TPSA) is 18.5 Å². The van der Waals surface area contributed by atoms with E-state index in [9.17, 15) is 0 Å². The van der Waals surface area contributed by atoms with Crippen LogP contribution in [0, 0.1) is 0 Å². The van der Waals surface area contributed by atoms with E-state index in [4.69, 9.17) is 9.47 Å². The van der Waals surface area contributed by atoms with Gasteiger partial charge in [0.05, 0.1) is 4.58 Å². The summed E-state index contributed by atoms with van der Waals surface area (Å²) in [6, 6.07) is 16.4. The van der Waals surface area contributed by atoms with Gasteiger partial charge in [0.25, 0.3) is 0 Å². The summed E-state index contributed by atoms with van der Waals surface area (Å²) in [7, 11) is 0. The first-order chi connectivity index (χ1) is 9.40. The molecular formula is C15H12O2S2. The molecule has 0 saturated carbocycles. The van der Waals surface area contributed by atoms with Crippen LogP contribution in [0.2, 0.25) is 0 Å². The van der Waals surface area contributed by atoms with Crippen molar-refractivity contribution in [3.8, 4) is 11.5 Å². The van der Waals surface area contributed by atoms with Crippen molar-refractivity contribution in [2.75, 3.05) is 6.61 Å². The maximum Gasteiger partial charge on any atom is 0.161 e. The lowest BCUT2D eigenvalue weighted by Gasteiger charge is -2.29. The second-order valence-electron chi connectivity index (χ2n) is 4.46. The lowest BCUT2D eigenvalue weighted by atomic mass is 10.3. The zero-order valence-corrected chi connectivity index (χ0v) is 11.7. The number of para-hydroxylation sites is 2. The Morgan fingerprint density at radius 1 is 0.842 bits per heavy atom. The van der Waals surface area contributed by atoms with Gasteiger partial charge in [-0.05, 0) is 24.3 Å². The van der Waals surface area contributed by atoms with Gasteiger partial charge in [-0.15, -0.1) is 23.5 Å². The maximum absolute atomic E-state index is 6.08. The van der Waals surface area contributed by atoms with E-state index >= 15 is 0 Å². The molecule has 2 heterocycles. The Hall–Kier alpha value is -1.26. The molecule has 0 spiro atoms. The Morgan fingerprint density at radius 2 is 1.47 bits per heavy atom. The molecule has 0 radical (unpaired) electrons. The van der Waals surface area contributed by atoms with E-state index in [1.54, 1.807) is 0 Å². The highest BCUT2D eigenvalue weighted by Gasteiger charge is 2.34. The standard InChI is InChI=1S/C15H12O2S2/c1-2-6-11-10(5-1)16-9-12(17-11)15-18-13-7-3-4-8-14(13)19-15/h1-8,12,15H,9H2. The third-order valence-electron chi connectivity index (χ3n) is 3.17. The highest BCUT2D eigenvalue weighted by atomic mass is 32.2. The molecule has 0 amide bonds. The van der Waals surface area contributed by atoms with Gasteiger partial charge in [-0.2, -0.15) is 0 Å². The van der Waals surface area contributed by atoms with Gasteiger partial charge < -0.3 is 9.47 Å². The Bertz CT molecular complexity index is 590. The summed E-state index contributed by atoms with van der Waals surface area (Å²) in [5.74, 6) is 1.71. The average molecular weight is 288 g/mol. The third kappa shape index (κ3) is 2.09. The van der Waals surface area contributed by atoms with E-state index < -0.39 is 0 Å². The van der Waals surface area contributed by atoms with Crippen LogP contribution in [-0.4, -0.2) is 17.3 Å². The van der Waals surface area contributed by atoms with Crippen molar-refractivity contribution in [1.82, 2.24) is 0 Å². The SMILES string of the molecule is c1ccc2c(c1)OCC(C1Sc3ccccc3S1)O2. The summed E-state index contributed by atoms with van der Waals surface area (Å²) in [5, 5.41) is 0. The van der Waals surface area contributed by atoms with Gasteiger partial charge in [0, 0.05) is 9.79 Å². The molecule has 2 aliphatic heterocycles. The Kier molecular flexibility index (Phi) is 2.85. The number of benzene rings is 2. The normalized spacial score (nSPS) is 21.2. The fourth-order valence-corrected chi connectivity index (χ4v) is 5.10. The van der Waals surface area contributed by atoms with Crippen molar-refractivity contribution < 1.29 is 9.47 Å². The first kappa shape index (κ1) is 11.6. The van der Waals surface area contributed by atoms with Crippen LogP contribution in [0.4, 0.5) is 0 Å². The van der Waals surface area contributed by atoms with Crippen LogP contribution in [0.3, 0.4) is 0 Å². The molecule has 0 aromatic heterocycles. The quantitative estimate of drug-likeness (QED) is 0.787. The summed E-state index contributed by atoms with van der Waals surface area (Å²) in [5.41, 5.74) is 0. The minimum Gasteiger partial charge on any atom is -0.486 e. The van der Waals surface area contributed by atoms with E-state index in [1.807, 2.05) is 47.8 Å². The van der Waals surface area contributed by atoms with Crippen molar-refractivity contribution in [1.29, 1.82) is 0 Å². The predicted molar refractivity (Wildman–Crippen MR) is 78.3 cm³/mol. The van der Waals surface area contributed by atoms with Crippen molar-refractivity contribution in [2.45, 2.75) is 20.5 Å². The van der Waals surface area contributed by atoms with E-state index in [1.165, 1.54) is 9.79 Å². The molecule has 2 aromatic rings. The fraction of sp³-hybridized carbons (Fsp3) is 0.200. The van der Waals surface area contributed by atoms with Crippen molar-refractivity contribution in [2.24, 2.45) is 0 Å². The van der Waals surface area contributed by atoms with E-state index in [0.29, 0.717) is 11.2 Å². The van der Waals surface area contributed by atoms with E-state index in [-0.39, 0.29) is 6.10 Å². The molecule has 96 valence electrons. The van der Waals surface area contributed by atoms with Crippen LogP contribution in [0.5, 0.6) is 11.5 Å². The van der Waals surface area contributed by atoms with Crippen LogP contribution in [-0.2, 0) is 0 Å². The number of hydrogen-bond donors (Lipinski definition) is 0. The van der Waals surface area contributed by atoms with Crippen LogP contribution in [0.15, 0.2) is 58.3 Å². The molecule has 0 N–H and O–H groups in total. The maximum atomic E-state index is 6.08. The minimum atomic E-state index is 0.0947. The zero-order valence-electron chi connectivity index (χ0n) is 10.1. The highest BCUT2D eigenvalue weighted by molar-refractivity contribution is 8.19. The van der Waals surface area contributed by atoms with Gasteiger partial charge in [-0.3, -0.25) is 0 Å². The molecule has 1 unspecified atom stereocenters. The Balaban J connectivity index is 1.54. The number of fused-ring (bicyclic) bond motifs is 2. The average Bonchev–Trinajstić information content (AvgIpc) is 2.90. The van der Waals surface area contributed by atoms with Crippen molar-refractivity contribution in [3.05, 3.63) is 48.5 Å². The molecule has 4 rings (SSSR count). The summed E-state index contributed by atoms with van der Waals surface area (Å²) in [6.45, 7) is 0.621. The van der Waals surface area contributed by atoms with Crippen LogP contribution < -0.4 is 9.47 Å². The summed E-state index contributed by atoms with van der Waals surface area (Å²) in [6.07, 6.45) is 0.0947. The van der Waals surface area contributed by atoms with Gasteiger partial charge in [-0.1, -0.05) is 24.3 Å². The molecule has 0 fully saturated rings. The number of rotatable bonds is 1. The second kappa shape index (κ2) is 4.69. The van der Waals surface area contributed by atoms with E-state index in [2.05, 4.69) is 24.3 Å². The molecule has 4 heteroatoms. The predicted octanol–water partition coefficient (Wildman–Crippen LogP) is 4.05. The molecule has 2 nitrogen and oxygen atoms in total. The van der Waals surface area contributed by atoms with Crippen LogP contribution in [0.1, 0.15) is 0 Å². The van der Waals surface area contributed by atoms with Gasteiger partial charge >= 0.3 is 0 Å². The molecule has 1 atom stereocenters. The van der Waals surface area contributed by atoms with Crippen molar-refractivity contribution >= 4 is 23.5 Å². The molecule has 2 aromatic carbocycles. The largest absolute Gasteiger partial charge is 0.486 e. The van der Waals surface area contributed by atoms with Gasteiger partial charge in [0.1, 0.15) is 6.61 Å². The summed E-state index contributed by atoms with van der Waals surface area (Å²) >= 11 is 3.75. The molecule has 19 heavy (non-hydrogen) atoms. The number of hydrogen-bond acceptors (Lipinski definition) is 4. The first-order valence-corrected chi connectivity index (χ1v) is 7.97. The number of thioether (sulfide) groups is 2. The summed E-state index contributed by atoms with van der Waals surface area (Å²) < 4.78 is 12.2. The lowest BCUT2D eigenvalue weighted by molar-refractivity contribution is 0.102. The zero-order chi connectivity index (χ0) is 12.7. The first-order valence-electron chi connectivity index (χ1n) is 6.21. The number of ether oxygens (including phenoxy) is 2. The minimum absolute atomic E-state index is 0.0947. The second-order valence-corrected chi connectivity index (χ2v) is 7.13. The Morgan fingerprint density at radius 3 is 2.21 bits per heavy atom. The monoisotopic (exact) mass is 288 g/mol. The van der Waals surface area contributed by atoms with Crippen LogP contribution >= 0.6 is 23.5 Å². The van der Waals surface area contributed by atoms with Gasteiger partial charge in [-0.25, -0.2) is 0 Å². The van der Waals surface area contributed by atoms with E-state index in [0.717, 1.165) is 11.5 Å². The summed E-state index contributed by atoms with van der Waals surface area (Å²) in [4.78, 5) is 2.69. The lowest BCUT2D eigenvalue weighted by Crippen LogP contribution is -2.35. The highest BCUT2D eigenvalue weighted by Crippen LogP contribution is 2.50. The van der Waals surface area contributed by atoms with Crippen LogP contribution in [0.25, 0.3) is 0 Å². The molecule has 0 saturated heterocycles. The van der Waals surface area contributed by atoms with Gasteiger partial charge in [0.2, 0.25) is 0 Å². The molecular weight excluding hydrogens is 276 g/mol. The molecule has 0 bridgehead atoms. The fourth-order valence-electron chi connectivity index (χ4n) is 2.24. The van der Waals surface area contributed by atoms with Gasteiger partial charge in [0.15, 0.2) is 17.6 Å². The third-order valence-corrected chi connectivity index (χ3v) is 6.17. The molecule has 2 aliphatic rings. The molecule has 0 aliphatic carbocycles. The smallest absolute Gasteiger partial charge is 0.161 e. The Labute approximate surface area is 120 Å².